The second-order valence-electron chi connectivity index (χ2n) is 2.38. The van der Waals surface area contributed by atoms with Gasteiger partial charge in [-0.2, -0.15) is 0 Å². The number of nitrogen functional groups attached to an aromatic ring is 1. The maximum Gasteiger partial charge on any atom is 0.142 e. The molecular formula is C8H12ClNO2. The van der Waals surface area contributed by atoms with E-state index in [2.05, 4.69) is 0 Å². The Bertz CT molecular complexity index is 253. The van der Waals surface area contributed by atoms with Gasteiger partial charge in [-0.15, -0.1) is 12.4 Å². The summed E-state index contributed by atoms with van der Waals surface area (Å²) in [4.78, 5) is 0. The lowest BCUT2D eigenvalue weighted by Crippen LogP contribution is -1.91. The molecule has 0 amide bonds. The van der Waals surface area contributed by atoms with Crippen molar-refractivity contribution in [2.75, 3.05) is 12.8 Å². The van der Waals surface area contributed by atoms with E-state index in [1.807, 2.05) is 6.92 Å². The quantitative estimate of drug-likeness (QED) is 0.523. The smallest absolute Gasteiger partial charge is 0.142 e. The average Bonchev–Trinajstić information content (AvgIpc) is 1.99. The molecule has 0 aromatic heterocycles. The number of aromatic hydroxyl groups is 1. The fourth-order valence-electron chi connectivity index (χ4n) is 0.865. The Morgan fingerprint density at radius 2 is 2.00 bits per heavy atom. The first-order valence-corrected chi connectivity index (χ1v) is 3.28. The number of methoxy groups -OCH3 is 1. The number of phenolic OH excluding ortho intramolecular Hbond substituents is 1. The highest BCUT2D eigenvalue weighted by Crippen LogP contribution is 2.28. The van der Waals surface area contributed by atoms with Gasteiger partial charge in [-0.25, -0.2) is 0 Å². The number of phenols is 1. The van der Waals surface area contributed by atoms with Crippen LogP contribution in [0.25, 0.3) is 0 Å². The number of rotatable bonds is 1. The van der Waals surface area contributed by atoms with Crippen molar-refractivity contribution in [1.29, 1.82) is 0 Å². The van der Waals surface area contributed by atoms with E-state index >= 15 is 0 Å². The number of halogens is 1. The third-order valence-corrected chi connectivity index (χ3v) is 1.57. The van der Waals surface area contributed by atoms with Crippen molar-refractivity contribution >= 4 is 18.1 Å². The van der Waals surface area contributed by atoms with Gasteiger partial charge in [0.1, 0.15) is 11.5 Å². The fourth-order valence-corrected chi connectivity index (χ4v) is 0.865. The molecule has 12 heavy (non-hydrogen) atoms. The van der Waals surface area contributed by atoms with E-state index in [4.69, 9.17) is 10.5 Å². The molecule has 0 saturated carbocycles. The Labute approximate surface area is 77.6 Å². The van der Waals surface area contributed by atoms with Crippen LogP contribution in [-0.4, -0.2) is 12.2 Å². The molecule has 3 N–H and O–H groups in total. The van der Waals surface area contributed by atoms with E-state index < -0.39 is 0 Å². The number of hydrogen-bond donors (Lipinski definition) is 2. The zero-order chi connectivity index (χ0) is 8.43. The van der Waals surface area contributed by atoms with Crippen molar-refractivity contribution in [3.05, 3.63) is 17.7 Å². The van der Waals surface area contributed by atoms with Gasteiger partial charge in [-0.1, -0.05) is 0 Å². The second kappa shape index (κ2) is 4.07. The minimum Gasteiger partial charge on any atom is -0.506 e. The molecule has 1 aromatic rings. The molecule has 4 heteroatoms. The van der Waals surface area contributed by atoms with Crippen molar-refractivity contribution in [2.24, 2.45) is 0 Å². The SMILES string of the molecule is COc1cc(C)c(N)c(O)c1.Cl. The first-order valence-electron chi connectivity index (χ1n) is 3.28. The van der Waals surface area contributed by atoms with Gasteiger partial charge in [0.05, 0.1) is 12.8 Å². The molecule has 0 spiro atoms. The lowest BCUT2D eigenvalue weighted by atomic mass is 10.2. The largest absolute Gasteiger partial charge is 0.506 e. The number of aryl methyl sites for hydroxylation is 1. The van der Waals surface area contributed by atoms with Crippen LogP contribution < -0.4 is 10.5 Å². The summed E-state index contributed by atoms with van der Waals surface area (Å²) in [7, 11) is 1.55. The molecule has 0 fully saturated rings. The minimum absolute atomic E-state index is 0. The highest BCUT2D eigenvalue weighted by molar-refractivity contribution is 5.85. The summed E-state index contributed by atoms with van der Waals surface area (Å²) in [6.45, 7) is 1.82. The van der Waals surface area contributed by atoms with Crippen molar-refractivity contribution < 1.29 is 9.84 Å². The van der Waals surface area contributed by atoms with E-state index in [1.54, 1.807) is 13.2 Å². The molecule has 0 aliphatic carbocycles. The summed E-state index contributed by atoms with van der Waals surface area (Å²) in [6.07, 6.45) is 0. The minimum atomic E-state index is 0. The first kappa shape index (κ1) is 10.9. The van der Waals surface area contributed by atoms with Crippen LogP contribution in [0.15, 0.2) is 12.1 Å². The number of anilines is 1. The molecule has 1 aromatic carbocycles. The third-order valence-electron chi connectivity index (χ3n) is 1.57. The molecular weight excluding hydrogens is 178 g/mol. The summed E-state index contributed by atoms with van der Waals surface area (Å²) in [6, 6.07) is 3.26. The van der Waals surface area contributed by atoms with Gasteiger partial charge in [0.2, 0.25) is 0 Å². The molecule has 0 heterocycles. The van der Waals surface area contributed by atoms with Gasteiger partial charge >= 0.3 is 0 Å². The second-order valence-corrected chi connectivity index (χ2v) is 2.38. The Hall–Kier alpha value is -1.09. The fraction of sp³-hybridized carbons (Fsp3) is 0.250. The predicted molar refractivity (Wildman–Crippen MR) is 51.1 cm³/mol. The third kappa shape index (κ3) is 1.95. The standard InChI is InChI=1S/C8H11NO2.ClH/c1-5-3-6(11-2)4-7(10)8(5)9;/h3-4,10H,9H2,1-2H3;1H. The van der Waals surface area contributed by atoms with Crippen LogP contribution in [0.4, 0.5) is 5.69 Å². The zero-order valence-corrected chi connectivity index (χ0v) is 7.81. The topological polar surface area (TPSA) is 55.5 Å². The lowest BCUT2D eigenvalue weighted by Gasteiger charge is -2.05. The molecule has 0 atom stereocenters. The molecule has 0 aliphatic rings. The van der Waals surface area contributed by atoms with E-state index in [0.29, 0.717) is 11.4 Å². The van der Waals surface area contributed by atoms with E-state index in [9.17, 15) is 5.11 Å². The molecule has 0 bridgehead atoms. The van der Waals surface area contributed by atoms with Crippen molar-refractivity contribution in [3.63, 3.8) is 0 Å². The lowest BCUT2D eigenvalue weighted by molar-refractivity contribution is 0.407. The predicted octanol–water partition coefficient (Wildman–Crippen LogP) is 1.71. The maximum atomic E-state index is 9.21. The van der Waals surface area contributed by atoms with E-state index in [1.165, 1.54) is 6.07 Å². The van der Waals surface area contributed by atoms with E-state index in [-0.39, 0.29) is 18.2 Å². The Morgan fingerprint density at radius 3 is 2.42 bits per heavy atom. The van der Waals surface area contributed by atoms with Crippen LogP contribution in [0.3, 0.4) is 0 Å². The van der Waals surface area contributed by atoms with Crippen LogP contribution in [0.2, 0.25) is 0 Å². The molecule has 68 valence electrons. The van der Waals surface area contributed by atoms with Crippen LogP contribution in [0, 0.1) is 6.92 Å². The number of hydrogen-bond acceptors (Lipinski definition) is 3. The van der Waals surface area contributed by atoms with Crippen LogP contribution in [0.5, 0.6) is 11.5 Å². The van der Waals surface area contributed by atoms with Gasteiger partial charge in [0.25, 0.3) is 0 Å². The van der Waals surface area contributed by atoms with Gasteiger partial charge in [-0.3, -0.25) is 0 Å². The number of benzene rings is 1. The first-order chi connectivity index (χ1) is 5.15. The highest BCUT2D eigenvalue weighted by Gasteiger charge is 2.02. The van der Waals surface area contributed by atoms with Gasteiger partial charge in [0, 0.05) is 6.07 Å². The highest BCUT2D eigenvalue weighted by atomic mass is 35.5. The van der Waals surface area contributed by atoms with Gasteiger partial charge in [-0.05, 0) is 18.6 Å². The summed E-state index contributed by atoms with van der Waals surface area (Å²) < 4.78 is 4.92. The summed E-state index contributed by atoms with van der Waals surface area (Å²) in [5.41, 5.74) is 6.73. The summed E-state index contributed by atoms with van der Waals surface area (Å²) in [5.74, 6) is 0.691. The summed E-state index contributed by atoms with van der Waals surface area (Å²) in [5, 5.41) is 9.21. The summed E-state index contributed by atoms with van der Waals surface area (Å²) >= 11 is 0. The number of ether oxygens (including phenoxy) is 1. The van der Waals surface area contributed by atoms with Crippen molar-refractivity contribution in [1.82, 2.24) is 0 Å². The van der Waals surface area contributed by atoms with Crippen molar-refractivity contribution in [2.45, 2.75) is 6.92 Å². The molecule has 0 aliphatic heterocycles. The monoisotopic (exact) mass is 189 g/mol. The normalized spacial score (nSPS) is 8.83. The molecule has 3 nitrogen and oxygen atoms in total. The molecule has 1 rings (SSSR count). The molecule has 0 unspecified atom stereocenters. The van der Waals surface area contributed by atoms with Crippen LogP contribution in [-0.2, 0) is 0 Å². The molecule has 0 radical (unpaired) electrons. The average molecular weight is 190 g/mol. The van der Waals surface area contributed by atoms with Gasteiger partial charge < -0.3 is 15.6 Å². The Kier molecular flexibility index (Phi) is 3.70. The van der Waals surface area contributed by atoms with E-state index in [0.717, 1.165) is 5.56 Å². The Balaban J connectivity index is 0.00000121. The zero-order valence-electron chi connectivity index (χ0n) is 7.00. The number of nitrogens with two attached hydrogens (primary N) is 1. The maximum absolute atomic E-state index is 9.21. The van der Waals surface area contributed by atoms with Crippen LogP contribution >= 0.6 is 12.4 Å². The molecule has 0 saturated heterocycles. The van der Waals surface area contributed by atoms with Crippen molar-refractivity contribution in [3.8, 4) is 11.5 Å². The van der Waals surface area contributed by atoms with Gasteiger partial charge in [0.15, 0.2) is 0 Å². The Morgan fingerprint density at radius 1 is 1.42 bits per heavy atom. The van der Waals surface area contributed by atoms with Crippen LogP contribution in [0.1, 0.15) is 5.56 Å².